The predicted octanol–water partition coefficient (Wildman–Crippen LogP) is 4.17. The number of amides is 1. The van der Waals surface area contributed by atoms with E-state index in [4.69, 9.17) is 0 Å². The number of aromatic amines is 1. The third kappa shape index (κ3) is 3.96. The minimum absolute atomic E-state index is 0.110. The third-order valence-electron chi connectivity index (χ3n) is 4.25. The van der Waals surface area contributed by atoms with Gasteiger partial charge < -0.3 is 5.32 Å². The van der Waals surface area contributed by atoms with E-state index in [1.165, 1.54) is 0 Å². The summed E-state index contributed by atoms with van der Waals surface area (Å²) in [5.41, 5.74) is 5.17. The molecule has 1 amide bonds. The van der Waals surface area contributed by atoms with E-state index in [1.54, 1.807) is 17.5 Å². The van der Waals surface area contributed by atoms with Crippen LogP contribution in [0.4, 0.5) is 0 Å². The molecule has 0 aliphatic carbocycles. The van der Waals surface area contributed by atoms with Crippen LogP contribution in [-0.2, 0) is 6.42 Å². The number of benzene rings is 1. The molecule has 4 aromatic rings. The number of nitrogens with one attached hydrogen (secondary N) is 2. The maximum absolute atomic E-state index is 12.7. The molecule has 5 nitrogen and oxygen atoms in total. The molecule has 0 bridgehead atoms. The summed E-state index contributed by atoms with van der Waals surface area (Å²) >= 11 is 1.64. The van der Waals surface area contributed by atoms with E-state index >= 15 is 0 Å². The van der Waals surface area contributed by atoms with Crippen LogP contribution in [0.2, 0.25) is 0 Å². The quantitative estimate of drug-likeness (QED) is 0.532. The van der Waals surface area contributed by atoms with Crippen LogP contribution in [0, 0.1) is 0 Å². The minimum atomic E-state index is -0.110. The van der Waals surface area contributed by atoms with Gasteiger partial charge in [0.05, 0.1) is 11.4 Å². The number of hydrogen-bond acceptors (Lipinski definition) is 4. The Morgan fingerprint density at radius 2 is 2.00 bits per heavy atom. The first-order chi connectivity index (χ1) is 13.3. The van der Waals surface area contributed by atoms with E-state index in [0.717, 1.165) is 28.2 Å². The maximum Gasteiger partial charge on any atom is 0.251 e. The molecule has 2 N–H and O–H groups in total. The summed E-state index contributed by atoms with van der Waals surface area (Å²) in [6, 6.07) is 17.3. The Hall–Kier alpha value is -3.25. The van der Waals surface area contributed by atoms with Crippen LogP contribution in [0.1, 0.15) is 16.1 Å². The molecular weight excluding hydrogens is 356 g/mol. The van der Waals surface area contributed by atoms with Gasteiger partial charge in [-0.05, 0) is 35.7 Å². The Kier molecular flexibility index (Phi) is 5.07. The molecule has 4 rings (SSSR count). The second-order valence-electron chi connectivity index (χ2n) is 6.05. The zero-order valence-electron chi connectivity index (χ0n) is 14.6. The van der Waals surface area contributed by atoms with Crippen LogP contribution >= 0.6 is 11.3 Å². The van der Waals surface area contributed by atoms with Crippen molar-refractivity contribution in [2.75, 3.05) is 6.54 Å². The molecule has 0 spiro atoms. The summed E-state index contributed by atoms with van der Waals surface area (Å²) in [4.78, 5) is 17.0. The van der Waals surface area contributed by atoms with Gasteiger partial charge in [0, 0.05) is 46.9 Å². The van der Waals surface area contributed by atoms with Crippen molar-refractivity contribution in [1.29, 1.82) is 0 Å². The fourth-order valence-corrected chi connectivity index (χ4v) is 3.53. The number of carbonyl (C=O) groups is 1. The predicted molar refractivity (Wildman–Crippen MR) is 108 cm³/mol. The lowest BCUT2D eigenvalue weighted by Crippen LogP contribution is -2.26. The highest BCUT2D eigenvalue weighted by atomic mass is 32.1. The van der Waals surface area contributed by atoms with Crippen molar-refractivity contribution in [3.8, 4) is 22.5 Å². The van der Waals surface area contributed by atoms with Gasteiger partial charge >= 0.3 is 0 Å². The van der Waals surface area contributed by atoms with Crippen LogP contribution in [0.25, 0.3) is 22.5 Å². The molecule has 0 radical (unpaired) electrons. The number of rotatable bonds is 6. The van der Waals surface area contributed by atoms with E-state index in [-0.39, 0.29) is 5.91 Å². The first-order valence-electron chi connectivity index (χ1n) is 8.67. The topological polar surface area (TPSA) is 70.7 Å². The Labute approximate surface area is 161 Å². The maximum atomic E-state index is 12.7. The molecule has 27 heavy (non-hydrogen) atoms. The molecule has 0 atom stereocenters. The van der Waals surface area contributed by atoms with Gasteiger partial charge in [0.2, 0.25) is 0 Å². The number of hydrogen-bond donors (Lipinski definition) is 2. The fraction of sp³-hybridized carbons (Fsp3) is 0.0952. The van der Waals surface area contributed by atoms with Crippen molar-refractivity contribution in [3.63, 3.8) is 0 Å². The summed E-state index contributed by atoms with van der Waals surface area (Å²) in [6.45, 7) is 0.533. The molecule has 134 valence electrons. The number of carbonyl (C=O) groups excluding carboxylic acids is 1. The first kappa shape index (κ1) is 17.2. The molecule has 0 saturated carbocycles. The van der Waals surface area contributed by atoms with Crippen LogP contribution < -0.4 is 5.32 Å². The normalized spacial score (nSPS) is 10.7. The molecule has 6 heteroatoms. The highest BCUT2D eigenvalue weighted by Crippen LogP contribution is 2.27. The molecule has 3 heterocycles. The zero-order valence-corrected chi connectivity index (χ0v) is 15.4. The Morgan fingerprint density at radius 1 is 1.11 bits per heavy atom. The number of aromatic nitrogens is 3. The van der Waals surface area contributed by atoms with Gasteiger partial charge in [0.25, 0.3) is 5.91 Å². The summed E-state index contributed by atoms with van der Waals surface area (Å²) in [7, 11) is 0. The smallest absolute Gasteiger partial charge is 0.251 e. The van der Waals surface area contributed by atoms with Crippen molar-refractivity contribution in [2.45, 2.75) is 6.42 Å². The van der Waals surface area contributed by atoms with E-state index in [9.17, 15) is 4.79 Å². The van der Waals surface area contributed by atoms with Crippen LogP contribution in [-0.4, -0.2) is 27.6 Å². The SMILES string of the molecule is O=C(NCCc1ccccn1)c1ccccc1-c1cc(-c2ccsc2)[nH]n1. The third-order valence-corrected chi connectivity index (χ3v) is 4.93. The highest BCUT2D eigenvalue weighted by molar-refractivity contribution is 7.08. The molecule has 0 saturated heterocycles. The van der Waals surface area contributed by atoms with Gasteiger partial charge in [-0.15, -0.1) is 0 Å². The molecule has 0 aliphatic heterocycles. The Morgan fingerprint density at radius 3 is 2.81 bits per heavy atom. The average molecular weight is 374 g/mol. The Balaban J connectivity index is 1.50. The second-order valence-corrected chi connectivity index (χ2v) is 6.83. The van der Waals surface area contributed by atoms with Gasteiger partial charge in [-0.1, -0.05) is 24.3 Å². The largest absolute Gasteiger partial charge is 0.352 e. The fourth-order valence-electron chi connectivity index (χ4n) is 2.88. The van der Waals surface area contributed by atoms with Crippen molar-refractivity contribution >= 4 is 17.2 Å². The number of nitrogens with zero attached hydrogens (tertiary/aromatic N) is 2. The van der Waals surface area contributed by atoms with Gasteiger partial charge in [-0.25, -0.2) is 0 Å². The number of H-pyrrole nitrogens is 1. The first-order valence-corrected chi connectivity index (χ1v) is 9.61. The van der Waals surface area contributed by atoms with E-state index < -0.39 is 0 Å². The molecule has 0 unspecified atom stereocenters. The summed E-state index contributed by atoms with van der Waals surface area (Å²) in [5.74, 6) is -0.110. The average Bonchev–Trinajstić information content (AvgIpc) is 3.40. The summed E-state index contributed by atoms with van der Waals surface area (Å²) in [5, 5.41) is 14.5. The molecule has 0 fully saturated rings. The summed E-state index contributed by atoms with van der Waals surface area (Å²) < 4.78 is 0. The van der Waals surface area contributed by atoms with Gasteiger partial charge in [-0.3, -0.25) is 14.9 Å². The van der Waals surface area contributed by atoms with Crippen molar-refractivity contribution in [3.05, 3.63) is 82.8 Å². The number of thiophene rings is 1. The second kappa shape index (κ2) is 7.97. The lowest BCUT2D eigenvalue weighted by Gasteiger charge is -2.08. The van der Waals surface area contributed by atoms with E-state index in [1.807, 2.05) is 60.0 Å². The molecule has 1 aromatic carbocycles. The monoisotopic (exact) mass is 374 g/mol. The van der Waals surface area contributed by atoms with Gasteiger partial charge in [0.15, 0.2) is 0 Å². The van der Waals surface area contributed by atoms with E-state index in [0.29, 0.717) is 18.5 Å². The Bertz CT molecular complexity index is 1030. The van der Waals surface area contributed by atoms with Crippen LogP contribution in [0.3, 0.4) is 0 Å². The van der Waals surface area contributed by atoms with Gasteiger partial charge in [0.1, 0.15) is 0 Å². The van der Waals surface area contributed by atoms with Crippen molar-refractivity contribution in [2.24, 2.45) is 0 Å². The van der Waals surface area contributed by atoms with Crippen molar-refractivity contribution < 1.29 is 4.79 Å². The molecule has 3 aromatic heterocycles. The minimum Gasteiger partial charge on any atom is -0.352 e. The van der Waals surface area contributed by atoms with E-state index in [2.05, 4.69) is 25.9 Å². The summed E-state index contributed by atoms with van der Waals surface area (Å²) in [6.07, 6.45) is 2.45. The van der Waals surface area contributed by atoms with Crippen molar-refractivity contribution in [1.82, 2.24) is 20.5 Å². The van der Waals surface area contributed by atoms with Crippen LogP contribution in [0.15, 0.2) is 71.6 Å². The number of pyridine rings is 1. The molecule has 0 aliphatic rings. The van der Waals surface area contributed by atoms with Gasteiger partial charge in [-0.2, -0.15) is 16.4 Å². The highest BCUT2D eigenvalue weighted by Gasteiger charge is 2.15. The standard InChI is InChI=1S/C21H18N4OS/c26-21(23-11-8-16-5-3-4-10-22-16)18-7-2-1-6-17(18)20-13-19(24-25-20)15-9-12-27-14-15/h1-7,9-10,12-14H,8,11H2,(H,23,26)(H,24,25). The zero-order chi connectivity index (χ0) is 18.5. The lowest BCUT2D eigenvalue weighted by molar-refractivity contribution is 0.0954. The molecular formula is C21H18N4OS. The van der Waals surface area contributed by atoms with Crippen LogP contribution in [0.5, 0.6) is 0 Å². The lowest BCUT2D eigenvalue weighted by atomic mass is 10.0.